The topological polar surface area (TPSA) is 64.1 Å². The number of rotatable bonds is 4. The van der Waals surface area contributed by atoms with Crippen molar-refractivity contribution in [2.75, 3.05) is 44.2 Å². The lowest BCUT2D eigenvalue weighted by molar-refractivity contribution is -0.143. The molecular formula is C17H22ClN3O3. The Kier molecular flexibility index (Phi) is 5.26. The van der Waals surface area contributed by atoms with Gasteiger partial charge in [0, 0.05) is 36.9 Å². The molecule has 2 heterocycles. The van der Waals surface area contributed by atoms with E-state index in [2.05, 4.69) is 4.90 Å². The van der Waals surface area contributed by atoms with Gasteiger partial charge in [-0.1, -0.05) is 17.7 Å². The molecule has 1 N–H and O–H groups in total. The van der Waals surface area contributed by atoms with Crippen LogP contribution in [0.1, 0.15) is 12.8 Å². The zero-order valence-electron chi connectivity index (χ0n) is 13.5. The summed E-state index contributed by atoms with van der Waals surface area (Å²) in [5, 5.41) is 9.91. The average molecular weight is 352 g/mol. The smallest absolute Gasteiger partial charge is 0.320 e. The monoisotopic (exact) mass is 351 g/mol. The summed E-state index contributed by atoms with van der Waals surface area (Å²) in [7, 11) is 0. The lowest BCUT2D eigenvalue weighted by Gasteiger charge is -2.37. The number of carboxylic acids is 1. The van der Waals surface area contributed by atoms with Crippen molar-refractivity contribution in [3.05, 3.63) is 29.3 Å². The van der Waals surface area contributed by atoms with Crippen LogP contribution in [0, 0.1) is 0 Å². The fourth-order valence-electron chi connectivity index (χ4n) is 3.46. The Hall–Kier alpha value is -1.79. The summed E-state index contributed by atoms with van der Waals surface area (Å²) in [6.07, 6.45) is 1.47. The van der Waals surface area contributed by atoms with E-state index in [0.717, 1.165) is 25.2 Å². The van der Waals surface area contributed by atoms with Crippen LogP contribution in [0.4, 0.5) is 5.69 Å². The Morgan fingerprint density at radius 2 is 1.92 bits per heavy atom. The second kappa shape index (κ2) is 7.40. The maximum atomic E-state index is 12.5. The number of halogens is 1. The average Bonchev–Trinajstić information content (AvgIpc) is 3.03. The van der Waals surface area contributed by atoms with Gasteiger partial charge in [-0.05, 0) is 37.6 Å². The minimum atomic E-state index is -0.828. The molecule has 0 aliphatic carbocycles. The molecule has 1 amide bonds. The van der Waals surface area contributed by atoms with Gasteiger partial charge >= 0.3 is 5.97 Å². The molecular weight excluding hydrogens is 330 g/mol. The van der Waals surface area contributed by atoms with Crippen LogP contribution in [0.2, 0.25) is 5.02 Å². The zero-order chi connectivity index (χ0) is 17.1. The molecule has 2 fully saturated rings. The van der Waals surface area contributed by atoms with Gasteiger partial charge in [0.15, 0.2) is 0 Å². The summed E-state index contributed by atoms with van der Waals surface area (Å²) in [6.45, 7) is 3.70. The predicted octanol–water partition coefficient (Wildman–Crippen LogP) is 1.54. The highest BCUT2D eigenvalue weighted by atomic mass is 35.5. The number of piperazine rings is 1. The number of carbonyl (C=O) groups excluding carboxylic acids is 1. The summed E-state index contributed by atoms with van der Waals surface area (Å²) >= 11 is 6.03. The molecule has 2 aliphatic heterocycles. The maximum Gasteiger partial charge on any atom is 0.320 e. The fourth-order valence-corrected chi connectivity index (χ4v) is 3.64. The first-order valence-corrected chi connectivity index (χ1v) is 8.67. The van der Waals surface area contributed by atoms with Crippen molar-refractivity contribution in [2.45, 2.75) is 18.9 Å². The maximum absolute atomic E-state index is 12.5. The molecule has 0 saturated carbocycles. The first-order chi connectivity index (χ1) is 11.5. The SMILES string of the molecule is O=C(O)C1CCCN1CC(=O)N1CCN(c2cccc(Cl)c2)CC1. The molecule has 1 aromatic rings. The van der Waals surface area contributed by atoms with Crippen LogP contribution in [0.25, 0.3) is 0 Å². The van der Waals surface area contributed by atoms with Crippen molar-refractivity contribution in [3.8, 4) is 0 Å². The Labute approximate surface area is 146 Å². The number of nitrogens with zero attached hydrogens (tertiary/aromatic N) is 3. The van der Waals surface area contributed by atoms with Gasteiger partial charge in [-0.3, -0.25) is 14.5 Å². The van der Waals surface area contributed by atoms with Crippen LogP contribution >= 0.6 is 11.6 Å². The molecule has 0 radical (unpaired) electrons. The molecule has 7 heteroatoms. The van der Waals surface area contributed by atoms with Gasteiger partial charge in [0.2, 0.25) is 5.91 Å². The first-order valence-electron chi connectivity index (χ1n) is 8.30. The van der Waals surface area contributed by atoms with Gasteiger partial charge in [-0.2, -0.15) is 0 Å². The van der Waals surface area contributed by atoms with Crippen LogP contribution in [-0.4, -0.2) is 72.1 Å². The van der Waals surface area contributed by atoms with Crippen molar-refractivity contribution in [3.63, 3.8) is 0 Å². The fraction of sp³-hybridized carbons (Fsp3) is 0.529. The molecule has 1 atom stereocenters. The van der Waals surface area contributed by atoms with Gasteiger partial charge in [-0.15, -0.1) is 0 Å². The third-order valence-electron chi connectivity index (χ3n) is 4.79. The quantitative estimate of drug-likeness (QED) is 0.891. The van der Waals surface area contributed by atoms with E-state index in [9.17, 15) is 14.7 Å². The lowest BCUT2D eigenvalue weighted by atomic mass is 10.2. The molecule has 130 valence electrons. The third-order valence-corrected chi connectivity index (χ3v) is 5.03. The number of carbonyl (C=O) groups is 2. The first kappa shape index (κ1) is 17.0. The Morgan fingerprint density at radius 3 is 2.58 bits per heavy atom. The van der Waals surface area contributed by atoms with Crippen LogP contribution in [0.3, 0.4) is 0 Å². The van der Waals surface area contributed by atoms with Crippen LogP contribution < -0.4 is 4.90 Å². The van der Waals surface area contributed by atoms with E-state index in [1.807, 2.05) is 29.2 Å². The van der Waals surface area contributed by atoms with E-state index in [4.69, 9.17) is 11.6 Å². The number of carboxylic acid groups (broad SMARTS) is 1. The van der Waals surface area contributed by atoms with Crippen molar-refractivity contribution in [1.29, 1.82) is 0 Å². The second-order valence-corrected chi connectivity index (χ2v) is 6.75. The van der Waals surface area contributed by atoms with Crippen molar-refractivity contribution >= 4 is 29.2 Å². The van der Waals surface area contributed by atoms with E-state index < -0.39 is 12.0 Å². The van der Waals surface area contributed by atoms with Crippen molar-refractivity contribution in [2.24, 2.45) is 0 Å². The van der Waals surface area contributed by atoms with Gasteiger partial charge in [-0.25, -0.2) is 0 Å². The van der Waals surface area contributed by atoms with E-state index in [1.54, 1.807) is 4.90 Å². The lowest BCUT2D eigenvalue weighted by Crippen LogP contribution is -2.52. The highest BCUT2D eigenvalue weighted by Gasteiger charge is 2.33. The molecule has 6 nitrogen and oxygen atoms in total. The Bertz CT molecular complexity index is 617. The van der Waals surface area contributed by atoms with Gasteiger partial charge < -0.3 is 14.9 Å². The highest BCUT2D eigenvalue weighted by Crippen LogP contribution is 2.21. The van der Waals surface area contributed by atoms with E-state index in [-0.39, 0.29) is 12.5 Å². The van der Waals surface area contributed by atoms with Crippen molar-refractivity contribution in [1.82, 2.24) is 9.80 Å². The number of likely N-dealkylation sites (tertiary alicyclic amines) is 1. The van der Waals surface area contributed by atoms with Crippen LogP contribution in [0.5, 0.6) is 0 Å². The Balaban J connectivity index is 1.53. The number of anilines is 1. The summed E-state index contributed by atoms with van der Waals surface area (Å²) < 4.78 is 0. The highest BCUT2D eigenvalue weighted by molar-refractivity contribution is 6.30. The van der Waals surface area contributed by atoms with Gasteiger partial charge in [0.05, 0.1) is 6.54 Å². The standard InChI is InChI=1S/C17H22ClN3O3/c18-13-3-1-4-14(11-13)19-7-9-20(10-8-19)16(22)12-21-6-2-5-15(21)17(23)24/h1,3-4,11,15H,2,5-10,12H2,(H,23,24). The minimum Gasteiger partial charge on any atom is -0.480 e. The summed E-state index contributed by atoms with van der Waals surface area (Å²) in [6, 6.07) is 7.21. The second-order valence-electron chi connectivity index (χ2n) is 6.31. The number of aliphatic carboxylic acids is 1. The summed E-state index contributed by atoms with van der Waals surface area (Å²) in [5.41, 5.74) is 1.07. The molecule has 0 aromatic heterocycles. The van der Waals surface area contributed by atoms with E-state index in [0.29, 0.717) is 31.1 Å². The molecule has 24 heavy (non-hydrogen) atoms. The molecule has 0 bridgehead atoms. The molecule has 1 unspecified atom stereocenters. The Morgan fingerprint density at radius 1 is 1.17 bits per heavy atom. The molecule has 3 rings (SSSR count). The van der Waals surface area contributed by atoms with E-state index >= 15 is 0 Å². The summed E-state index contributed by atoms with van der Waals surface area (Å²) in [5.74, 6) is -0.806. The largest absolute Gasteiger partial charge is 0.480 e. The normalized spacial score (nSPS) is 22.0. The number of hydrogen-bond acceptors (Lipinski definition) is 4. The summed E-state index contributed by atoms with van der Waals surface area (Å²) in [4.78, 5) is 29.5. The van der Waals surface area contributed by atoms with Gasteiger partial charge in [0.1, 0.15) is 6.04 Å². The number of amides is 1. The van der Waals surface area contributed by atoms with Crippen LogP contribution in [-0.2, 0) is 9.59 Å². The van der Waals surface area contributed by atoms with E-state index in [1.165, 1.54) is 0 Å². The molecule has 0 spiro atoms. The van der Waals surface area contributed by atoms with Crippen LogP contribution in [0.15, 0.2) is 24.3 Å². The number of hydrogen-bond donors (Lipinski definition) is 1. The zero-order valence-corrected chi connectivity index (χ0v) is 14.3. The predicted molar refractivity (Wildman–Crippen MR) is 92.5 cm³/mol. The molecule has 2 saturated heterocycles. The number of benzene rings is 1. The minimum absolute atomic E-state index is 0.0221. The third kappa shape index (κ3) is 3.82. The molecule has 2 aliphatic rings. The molecule has 1 aromatic carbocycles. The van der Waals surface area contributed by atoms with Gasteiger partial charge in [0.25, 0.3) is 0 Å². The van der Waals surface area contributed by atoms with Crippen molar-refractivity contribution < 1.29 is 14.7 Å².